The van der Waals surface area contributed by atoms with E-state index in [1.54, 1.807) is 0 Å². The van der Waals surface area contributed by atoms with Crippen LogP contribution in [-0.4, -0.2) is 43.2 Å². The smallest absolute Gasteiger partial charge is 0.213 e. The molecule has 1 aromatic rings. The highest BCUT2D eigenvalue weighted by Gasteiger charge is 2.20. The molecule has 0 bridgehead atoms. The average Bonchev–Trinajstić information content (AvgIpc) is 3.15. The summed E-state index contributed by atoms with van der Waals surface area (Å²) in [7, 11) is 4.15. The van der Waals surface area contributed by atoms with Gasteiger partial charge in [0, 0.05) is 30.9 Å². The maximum absolute atomic E-state index is 5.73. The minimum atomic E-state index is 0.726. The highest BCUT2D eigenvalue weighted by Crippen LogP contribution is 2.20. The fourth-order valence-corrected chi connectivity index (χ4v) is 1.99. The van der Waals surface area contributed by atoms with Crippen LogP contribution in [0.25, 0.3) is 0 Å². The van der Waals surface area contributed by atoms with Crippen molar-refractivity contribution in [2.45, 2.75) is 38.8 Å². The van der Waals surface area contributed by atoms with E-state index in [0.717, 1.165) is 43.7 Å². The van der Waals surface area contributed by atoms with Crippen molar-refractivity contribution in [2.75, 3.05) is 27.2 Å². The van der Waals surface area contributed by atoms with E-state index in [1.165, 1.54) is 18.4 Å². The lowest BCUT2D eigenvalue weighted by molar-refractivity contribution is 0.272. The Morgan fingerprint density at radius 1 is 1.37 bits per heavy atom. The van der Waals surface area contributed by atoms with Crippen LogP contribution < -0.4 is 10.1 Å². The number of hydrogen-bond donors (Lipinski definition) is 1. The summed E-state index contributed by atoms with van der Waals surface area (Å²) in [5.41, 5.74) is 2.29. The molecule has 0 saturated heterocycles. The second kappa shape index (κ2) is 6.87. The summed E-state index contributed by atoms with van der Waals surface area (Å²) < 4.78 is 5.73. The van der Waals surface area contributed by atoms with E-state index in [4.69, 9.17) is 4.74 Å². The third-order valence-corrected chi connectivity index (χ3v) is 3.16. The number of hydrogen-bond acceptors (Lipinski definition) is 4. The number of pyridine rings is 1. The number of aromatic nitrogens is 1. The fourth-order valence-electron chi connectivity index (χ4n) is 1.99. The predicted molar refractivity (Wildman–Crippen MR) is 77.5 cm³/mol. The Bertz CT molecular complexity index is 402. The summed E-state index contributed by atoms with van der Waals surface area (Å²) in [4.78, 5) is 6.59. The highest BCUT2D eigenvalue weighted by atomic mass is 16.5. The van der Waals surface area contributed by atoms with Crippen molar-refractivity contribution in [1.29, 1.82) is 0 Å². The van der Waals surface area contributed by atoms with Crippen LogP contribution >= 0.6 is 0 Å². The van der Waals surface area contributed by atoms with Crippen molar-refractivity contribution in [3.8, 4) is 5.88 Å². The molecule has 1 N–H and O–H groups in total. The normalized spacial score (nSPS) is 14.9. The van der Waals surface area contributed by atoms with E-state index in [9.17, 15) is 0 Å². The number of nitrogens with zero attached hydrogens (tertiary/aromatic N) is 2. The molecule has 0 radical (unpaired) electrons. The van der Waals surface area contributed by atoms with E-state index in [-0.39, 0.29) is 0 Å². The monoisotopic (exact) mass is 263 g/mol. The van der Waals surface area contributed by atoms with Gasteiger partial charge >= 0.3 is 0 Å². The maximum atomic E-state index is 5.73. The van der Waals surface area contributed by atoms with Gasteiger partial charge in [0.2, 0.25) is 5.88 Å². The number of ether oxygens (including phenoxy) is 1. The SMILES string of the molecule is Cc1cc(CNC2CC2)cc(OCCCN(C)C)n1. The van der Waals surface area contributed by atoms with Crippen molar-refractivity contribution in [3.05, 3.63) is 23.4 Å². The number of nitrogens with one attached hydrogen (secondary N) is 1. The van der Waals surface area contributed by atoms with Gasteiger partial charge in [-0.15, -0.1) is 0 Å². The first-order chi connectivity index (χ1) is 9.13. The Morgan fingerprint density at radius 3 is 2.84 bits per heavy atom. The van der Waals surface area contributed by atoms with Crippen LogP contribution in [0.5, 0.6) is 5.88 Å². The quantitative estimate of drug-likeness (QED) is 0.728. The van der Waals surface area contributed by atoms with Gasteiger partial charge in [-0.25, -0.2) is 4.98 Å². The number of aryl methyl sites for hydroxylation is 1. The summed E-state index contributed by atoms with van der Waals surface area (Å²) in [5, 5.41) is 3.52. The van der Waals surface area contributed by atoms with Crippen LogP contribution in [-0.2, 0) is 6.54 Å². The zero-order chi connectivity index (χ0) is 13.7. The minimum Gasteiger partial charge on any atom is -0.478 e. The van der Waals surface area contributed by atoms with Crippen molar-refractivity contribution in [3.63, 3.8) is 0 Å². The Morgan fingerprint density at radius 2 is 2.16 bits per heavy atom. The lowest BCUT2D eigenvalue weighted by atomic mass is 10.2. The molecule has 0 spiro atoms. The third kappa shape index (κ3) is 5.57. The maximum Gasteiger partial charge on any atom is 0.213 e. The van der Waals surface area contributed by atoms with Crippen LogP contribution in [0.1, 0.15) is 30.5 Å². The molecule has 1 fully saturated rings. The molecule has 1 saturated carbocycles. The summed E-state index contributed by atoms with van der Waals surface area (Å²) in [6.45, 7) is 4.71. The van der Waals surface area contributed by atoms with Crippen LogP contribution in [0.15, 0.2) is 12.1 Å². The lowest BCUT2D eigenvalue weighted by Crippen LogP contribution is -2.16. The van der Waals surface area contributed by atoms with Gasteiger partial charge in [0.05, 0.1) is 6.61 Å². The summed E-state index contributed by atoms with van der Waals surface area (Å²) in [6.07, 6.45) is 3.66. The van der Waals surface area contributed by atoms with Crippen LogP contribution in [0.4, 0.5) is 0 Å². The molecule has 2 rings (SSSR count). The molecular formula is C15H25N3O. The molecule has 0 aromatic carbocycles. The Labute approximate surface area is 116 Å². The van der Waals surface area contributed by atoms with E-state index >= 15 is 0 Å². The molecule has 0 amide bonds. The fraction of sp³-hybridized carbons (Fsp3) is 0.667. The molecule has 4 nitrogen and oxygen atoms in total. The molecule has 1 aliphatic carbocycles. The summed E-state index contributed by atoms with van der Waals surface area (Å²) >= 11 is 0. The van der Waals surface area contributed by atoms with E-state index in [2.05, 4.69) is 41.4 Å². The first-order valence-electron chi connectivity index (χ1n) is 7.12. The highest BCUT2D eigenvalue weighted by molar-refractivity contribution is 5.24. The summed E-state index contributed by atoms with van der Waals surface area (Å²) in [5.74, 6) is 0.756. The van der Waals surface area contributed by atoms with Gasteiger partial charge in [0.1, 0.15) is 0 Å². The Balaban J connectivity index is 1.81. The van der Waals surface area contributed by atoms with Gasteiger partial charge in [-0.1, -0.05) is 0 Å². The van der Waals surface area contributed by atoms with Gasteiger partial charge in [0.15, 0.2) is 0 Å². The van der Waals surface area contributed by atoms with Gasteiger partial charge in [-0.2, -0.15) is 0 Å². The van der Waals surface area contributed by atoms with Gasteiger partial charge in [-0.05, 0) is 51.9 Å². The second-order valence-corrected chi connectivity index (χ2v) is 5.62. The van der Waals surface area contributed by atoms with Gasteiger partial charge in [0.25, 0.3) is 0 Å². The van der Waals surface area contributed by atoms with Crippen molar-refractivity contribution in [1.82, 2.24) is 15.2 Å². The standard InChI is InChI=1S/C15H25N3O/c1-12-9-13(11-16-14-5-6-14)10-15(17-12)19-8-4-7-18(2)3/h9-10,14,16H,4-8,11H2,1-3H3. The number of rotatable bonds is 8. The molecule has 4 heteroatoms. The molecule has 1 heterocycles. The molecule has 1 aliphatic rings. The lowest BCUT2D eigenvalue weighted by Gasteiger charge is -2.11. The Kier molecular flexibility index (Phi) is 5.16. The summed E-state index contributed by atoms with van der Waals surface area (Å²) in [6, 6.07) is 4.91. The molecule has 0 unspecified atom stereocenters. The second-order valence-electron chi connectivity index (χ2n) is 5.62. The largest absolute Gasteiger partial charge is 0.478 e. The topological polar surface area (TPSA) is 37.4 Å². The first kappa shape index (κ1) is 14.3. The van der Waals surface area contributed by atoms with Crippen molar-refractivity contribution >= 4 is 0 Å². The van der Waals surface area contributed by atoms with Gasteiger partial charge in [-0.3, -0.25) is 0 Å². The van der Waals surface area contributed by atoms with Crippen LogP contribution in [0.2, 0.25) is 0 Å². The average molecular weight is 263 g/mol. The molecular weight excluding hydrogens is 238 g/mol. The van der Waals surface area contributed by atoms with Crippen molar-refractivity contribution in [2.24, 2.45) is 0 Å². The Hall–Kier alpha value is -1.13. The minimum absolute atomic E-state index is 0.726. The molecule has 0 atom stereocenters. The van der Waals surface area contributed by atoms with E-state index in [0.29, 0.717) is 0 Å². The molecule has 0 aliphatic heterocycles. The van der Waals surface area contributed by atoms with E-state index < -0.39 is 0 Å². The first-order valence-corrected chi connectivity index (χ1v) is 7.12. The molecule has 106 valence electrons. The molecule has 19 heavy (non-hydrogen) atoms. The van der Waals surface area contributed by atoms with Crippen LogP contribution in [0.3, 0.4) is 0 Å². The zero-order valence-corrected chi connectivity index (χ0v) is 12.3. The zero-order valence-electron chi connectivity index (χ0n) is 12.3. The molecule has 1 aromatic heterocycles. The third-order valence-electron chi connectivity index (χ3n) is 3.16. The predicted octanol–water partition coefficient (Wildman–Crippen LogP) is 1.97. The van der Waals surface area contributed by atoms with Gasteiger partial charge < -0.3 is 15.0 Å². The van der Waals surface area contributed by atoms with Crippen LogP contribution in [0, 0.1) is 6.92 Å². The van der Waals surface area contributed by atoms with Crippen molar-refractivity contribution < 1.29 is 4.74 Å². The van der Waals surface area contributed by atoms with E-state index in [1.807, 2.05) is 6.92 Å².